The van der Waals surface area contributed by atoms with Gasteiger partial charge in [-0.1, -0.05) is 6.85 Å². The van der Waals surface area contributed by atoms with Gasteiger partial charge in [0.2, 0.25) is 5.95 Å². The zero-order chi connectivity index (χ0) is 30.8. The Labute approximate surface area is 158 Å². The van der Waals surface area contributed by atoms with Crippen LogP contribution in [0.1, 0.15) is 78.9 Å². The number of primary amides is 1. The molecular weight excluding hydrogens is 294 g/mol. The van der Waals surface area contributed by atoms with Crippen molar-refractivity contribution in [1.82, 2.24) is 9.97 Å². The van der Waals surface area contributed by atoms with Crippen LogP contribution in [0.4, 0.5) is 5.95 Å². The van der Waals surface area contributed by atoms with E-state index in [1.165, 1.54) is 0 Å². The fourth-order valence-electron chi connectivity index (χ4n) is 1.95. The summed E-state index contributed by atoms with van der Waals surface area (Å²) in [6.07, 6.45) is -8.00. The molecule has 23 heavy (non-hydrogen) atoms. The summed E-state index contributed by atoms with van der Waals surface area (Å²) in [5, 5.41) is 12.4. The number of rotatable bonds is 3. The molecule has 5 N–H and O–H groups in total. The molecule has 7 heteroatoms. The molecule has 7 nitrogen and oxygen atoms in total. The molecule has 128 valence electrons. The van der Waals surface area contributed by atoms with Crippen molar-refractivity contribution >= 4 is 11.9 Å². The van der Waals surface area contributed by atoms with Crippen molar-refractivity contribution in [3.05, 3.63) is 17.2 Å². The van der Waals surface area contributed by atoms with Gasteiger partial charge in [0.25, 0.3) is 5.91 Å². The molecular formula is C16H27N5O2. The summed E-state index contributed by atoms with van der Waals surface area (Å²) >= 11 is 0. The average Bonchev–Trinajstić information content (AvgIpc) is 2.58. The van der Waals surface area contributed by atoms with Gasteiger partial charge in [0.1, 0.15) is 5.49 Å². The molecule has 3 atom stereocenters. The first-order chi connectivity index (χ1) is 17.1. The molecule has 1 amide bonds. The Morgan fingerprint density at radius 2 is 2.52 bits per heavy atom. The third-order valence-corrected chi connectivity index (χ3v) is 2.95. The topological polar surface area (TPSA) is 116 Å². The van der Waals surface area contributed by atoms with Gasteiger partial charge < -0.3 is 21.1 Å². The SMILES string of the molecule is [2H]c1nc(NC(C([2H])([2H])[2H])(C([2H])([2H])[2H])C([2H])([2H])[2H])[nH]c(=NC2CC([2H])([2H])C(C([2H])([2H])[2H])C([2H])(O)C2)c1C(N)=O. The smallest absolute Gasteiger partial charge is 0.254 e. The van der Waals surface area contributed by atoms with Crippen LogP contribution in [-0.2, 0) is 0 Å². The summed E-state index contributed by atoms with van der Waals surface area (Å²) in [5.41, 5.74) is 0.194. The van der Waals surface area contributed by atoms with E-state index >= 15 is 0 Å². The van der Waals surface area contributed by atoms with Gasteiger partial charge in [-0.2, -0.15) is 0 Å². The van der Waals surface area contributed by atoms with Gasteiger partial charge in [0.15, 0.2) is 0 Å². The largest absolute Gasteiger partial charge is 0.393 e. The van der Waals surface area contributed by atoms with Crippen molar-refractivity contribution in [2.45, 2.75) is 64.3 Å². The van der Waals surface area contributed by atoms with E-state index in [9.17, 15) is 9.90 Å². The molecule has 3 unspecified atom stereocenters. The number of H-pyrrole nitrogens is 1. The first-order valence-electron chi connectivity index (χ1n) is 14.5. The maximum atomic E-state index is 12.1. The third-order valence-electron chi connectivity index (χ3n) is 2.95. The van der Waals surface area contributed by atoms with Crippen LogP contribution in [0.2, 0.25) is 0 Å². The number of nitrogens with zero attached hydrogens (tertiary/aromatic N) is 2. The van der Waals surface area contributed by atoms with E-state index in [-0.39, 0.29) is 0 Å². The maximum absolute atomic E-state index is 12.1. The molecule has 0 aliphatic heterocycles. The summed E-state index contributed by atoms with van der Waals surface area (Å²) < 4.78 is 124. The predicted octanol–water partition coefficient (Wildman–Crippen LogP) is 1.17. The molecule has 0 saturated heterocycles. The van der Waals surface area contributed by atoms with E-state index in [4.69, 9.17) is 27.7 Å². The minimum absolute atomic E-state index is 0.689. The number of hydrogen-bond donors (Lipinski definition) is 4. The zero-order valence-corrected chi connectivity index (χ0v) is 11.9. The van der Waals surface area contributed by atoms with Crippen LogP contribution in [0.5, 0.6) is 0 Å². The molecule has 0 bridgehead atoms. The number of amides is 1. The summed E-state index contributed by atoms with van der Waals surface area (Å²) in [4.78, 5) is 21.8. The lowest BCUT2D eigenvalue weighted by Crippen LogP contribution is -2.34. The van der Waals surface area contributed by atoms with Crippen molar-refractivity contribution in [3.63, 3.8) is 0 Å². The van der Waals surface area contributed by atoms with Crippen LogP contribution < -0.4 is 16.5 Å². The number of nitrogens with two attached hydrogens (primary N) is 1. The van der Waals surface area contributed by atoms with E-state index in [1.54, 1.807) is 0 Å². The van der Waals surface area contributed by atoms with Gasteiger partial charge in [-0.3, -0.25) is 9.79 Å². The Bertz CT molecular complexity index is 1110. The summed E-state index contributed by atoms with van der Waals surface area (Å²) in [5.74, 6) is -4.39. The predicted molar refractivity (Wildman–Crippen MR) is 88.9 cm³/mol. The molecule has 1 aromatic rings. The van der Waals surface area contributed by atoms with E-state index in [0.29, 0.717) is 0 Å². The number of aliphatic hydroxyl groups is 1. The fraction of sp³-hybridized carbons (Fsp3) is 0.688. The van der Waals surface area contributed by atoms with E-state index in [2.05, 4.69) is 15.0 Å². The van der Waals surface area contributed by atoms with Crippen LogP contribution in [-0.4, -0.2) is 38.6 Å². The summed E-state index contributed by atoms with van der Waals surface area (Å²) in [6, 6.07) is -1.41. The number of aromatic nitrogens is 2. The van der Waals surface area contributed by atoms with Gasteiger partial charge in [-0.25, -0.2) is 4.98 Å². The van der Waals surface area contributed by atoms with Gasteiger partial charge >= 0.3 is 0 Å². The molecule has 1 heterocycles. The number of carbonyl (C=O) groups excluding carboxylic acids is 1. The number of anilines is 1. The third kappa shape index (κ3) is 4.79. The van der Waals surface area contributed by atoms with Gasteiger partial charge in [-0.15, -0.1) is 0 Å². The van der Waals surface area contributed by atoms with Crippen LogP contribution in [0.3, 0.4) is 0 Å². The Kier molecular flexibility index (Phi) is 1.71. The Hall–Kier alpha value is -1.89. The molecule has 1 aromatic heterocycles. The summed E-state index contributed by atoms with van der Waals surface area (Å²) in [7, 11) is 0. The standard InChI is InChI=1S/C16H27N5O2/c1-9-5-6-10(7-12(9)22)19-14-11(13(17)23)8-18-15(20-14)21-16(2,3)4/h8-10,12,22H,5-7H2,1-4H3,(H2,17,23)(H2,18,19,20,21)/i1D3,2D3,3D3,4D3,5D2,8D,12D. The lowest BCUT2D eigenvalue weighted by atomic mass is 9.85. The molecule has 1 aliphatic carbocycles. The van der Waals surface area contributed by atoms with Crippen LogP contribution in [0.15, 0.2) is 11.2 Å². The highest BCUT2D eigenvalue weighted by Crippen LogP contribution is 2.25. The second-order valence-corrected chi connectivity index (χ2v) is 4.98. The monoisotopic (exact) mass is 337 g/mol. The number of aromatic amines is 1. The highest BCUT2D eigenvalue weighted by atomic mass is 16.3. The lowest BCUT2D eigenvalue weighted by molar-refractivity contribution is 0.0704. The quantitative estimate of drug-likeness (QED) is 0.662. The molecule has 0 radical (unpaired) electrons. The second kappa shape index (κ2) is 6.70. The average molecular weight is 338 g/mol. The molecule has 2 rings (SSSR count). The first-order valence-corrected chi connectivity index (χ1v) is 6.54. The van der Waals surface area contributed by atoms with Crippen molar-refractivity contribution in [2.24, 2.45) is 16.6 Å². The highest BCUT2D eigenvalue weighted by molar-refractivity contribution is 5.92. The van der Waals surface area contributed by atoms with Crippen molar-refractivity contribution in [1.29, 1.82) is 0 Å². The van der Waals surface area contributed by atoms with E-state index in [0.717, 1.165) is 0 Å². The Balaban J connectivity index is 2.79. The fourth-order valence-corrected chi connectivity index (χ4v) is 1.95. The lowest BCUT2D eigenvalue weighted by Gasteiger charge is -2.28. The summed E-state index contributed by atoms with van der Waals surface area (Å²) in [6.45, 7) is -14.2. The Morgan fingerprint density at radius 3 is 3.13 bits per heavy atom. The minimum Gasteiger partial charge on any atom is -0.393 e. The number of carbonyl (C=O) groups is 1. The van der Waals surface area contributed by atoms with Crippen LogP contribution >= 0.6 is 0 Å². The first kappa shape index (κ1) is 5.88. The van der Waals surface area contributed by atoms with Gasteiger partial charge in [-0.05, 0) is 45.7 Å². The normalized spacial score (nSPS) is 44.0. The maximum Gasteiger partial charge on any atom is 0.254 e. The molecule has 0 spiro atoms. The van der Waals surface area contributed by atoms with E-state index < -0.39 is 99.3 Å². The van der Waals surface area contributed by atoms with Crippen LogP contribution in [0, 0.1) is 5.92 Å². The van der Waals surface area contributed by atoms with Crippen molar-refractivity contribution in [2.75, 3.05) is 5.32 Å². The van der Waals surface area contributed by atoms with Crippen LogP contribution in [0.25, 0.3) is 0 Å². The number of nitrogens with one attached hydrogen (secondary N) is 2. The molecule has 0 aromatic carbocycles. The Morgan fingerprint density at radius 1 is 1.74 bits per heavy atom. The van der Waals surface area contributed by atoms with Crippen molar-refractivity contribution in [3.8, 4) is 0 Å². The van der Waals surface area contributed by atoms with Gasteiger partial charge in [0.05, 0.1) is 20.4 Å². The molecule has 1 aliphatic rings. The molecule has 1 fully saturated rings. The zero-order valence-electron chi connectivity index (χ0n) is 27.9. The van der Waals surface area contributed by atoms with E-state index in [1.807, 2.05) is 5.32 Å². The highest BCUT2D eigenvalue weighted by Gasteiger charge is 2.26. The van der Waals surface area contributed by atoms with Crippen molar-refractivity contribution < 1.29 is 31.8 Å². The second-order valence-electron chi connectivity index (χ2n) is 4.98. The molecule has 1 saturated carbocycles. The van der Waals surface area contributed by atoms with Gasteiger partial charge in [0, 0.05) is 30.9 Å². The minimum atomic E-state index is -3.72. The number of hydrogen-bond acceptors (Lipinski definition) is 5.